The number of carbonyl (C=O) groups excluding carboxylic acids is 1. The molecule has 1 amide bonds. The number of rotatable bonds is 5. The smallest absolute Gasteiger partial charge is 0.227 e. The molecule has 5 heteroatoms. The molecule has 1 unspecified atom stereocenters. The Balaban J connectivity index is 2.06. The first-order chi connectivity index (χ1) is 10.5. The second kappa shape index (κ2) is 7.59. The first-order valence-electron chi connectivity index (χ1n) is 7.29. The van der Waals surface area contributed by atoms with Crippen molar-refractivity contribution in [3.8, 4) is 0 Å². The summed E-state index contributed by atoms with van der Waals surface area (Å²) in [7, 11) is 1.90. The highest BCUT2D eigenvalue weighted by Gasteiger charge is 2.18. The van der Waals surface area contributed by atoms with Gasteiger partial charge in [-0.05, 0) is 30.2 Å². The van der Waals surface area contributed by atoms with Gasteiger partial charge in [0, 0.05) is 16.6 Å². The van der Waals surface area contributed by atoms with Crippen molar-refractivity contribution in [3.05, 3.63) is 63.9 Å². The van der Waals surface area contributed by atoms with E-state index in [1.165, 1.54) is 6.07 Å². The van der Waals surface area contributed by atoms with Crippen LogP contribution in [-0.2, 0) is 11.3 Å². The van der Waals surface area contributed by atoms with Crippen molar-refractivity contribution >= 4 is 35.1 Å². The van der Waals surface area contributed by atoms with Crippen LogP contribution in [0.2, 0.25) is 0 Å². The maximum absolute atomic E-state index is 13.7. The van der Waals surface area contributed by atoms with Gasteiger partial charge in [0.2, 0.25) is 5.91 Å². The van der Waals surface area contributed by atoms with Crippen molar-refractivity contribution in [2.75, 3.05) is 0 Å². The first-order valence-corrected chi connectivity index (χ1v) is 8.08. The highest BCUT2D eigenvalue weighted by molar-refractivity contribution is 9.10. The second-order valence-electron chi connectivity index (χ2n) is 5.33. The average molecular weight is 362 g/mol. The van der Waals surface area contributed by atoms with E-state index in [1.807, 2.05) is 39.0 Å². The molecule has 1 N–H and O–H groups in total. The van der Waals surface area contributed by atoms with Crippen LogP contribution in [0, 0.1) is 5.82 Å². The van der Waals surface area contributed by atoms with Crippen LogP contribution < -0.4 is 10.8 Å². The van der Waals surface area contributed by atoms with Gasteiger partial charge < -0.3 is 5.32 Å². The fourth-order valence-corrected chi connectivity index (χ4v) is 2.68. The molecule has 0 bridgehead atoms. The molecular formula is C17H18BBrFNO. The molecule has 0 spiro atoms. The molecule has 0 aliphatic carbocycles. The van der Waals surface area contributed by atoms with Gasteiger partial charge in [-0.25, -0.2) is 4.39 Å². The number of halogens is 2. The highest BCUT2D eigenvalue weighted by Crippen LogP contribution is 2.22. The Hall–Kier alpha value is -1.62. The molecule has 0 saturated heterocycles. The summed E-state index contributed by atoms with van der Waals surface area (Å²) in [4.78, 5) is 12.4. The lowest BCUT2D eigenvalue weighted by molar-refractivity contribution is -0.122. The molecule has 2 aromatic rings. The molecule has 0 aliphatic heterocycles. The fourth-order valence-electron chi connectivity index (χ4n) is 2.41. The lowest BCUT2D eigenvalue weighted by atomic mass is 9.93. The van der Waals surface area contributed by atoms with Crippen LogP contribution in [0.15, 0.2) is 46.9 Å². The molecule has 22 heavy (non-hydrogen) atoms. The van der Waals surface area contributed by atoms with E-state index in [0.29, 0.717) is 12.0 Å². The van der Waals surface area contributed by atoms with Gasteiger partial charge >= 0.3 is 0 Å². The summed E-state index contributed by atoms with van der Waals surface area (Å²) in [5.74, 6) is -0.589. The van der Waals surface area contributed by atoms with Crippen molar-refractivity contribution in [1.82, 2.24) is 5.32 Å². The lowest BCUT2D eigenvalue weighted by Crippen LogP contribution is -2.29. The summed E-state index contributed by atoms with van der Waals surface area (Å²) in [6.07, 6.45) is 0.698. The van der Waals surface area contributed by atoms with Crippen molar-refractivity contribution in [1.29, 1.82) is 0 Å². The zero-order chi connectivity index (χ0) is 16.1. The maximum Gasteiger partial charge on any atom is 0.227 e. The van der Waals surface area contributed by atoms with E-state index in [0.717, 1.165) is 15.5 Å². The molecular weight excluding hydrogens is 344 g/mol. The normalized spacial score (nSPS) is 12.0. The fraction of sp³-hybridized carbons (Fsp3) is 0.235. The Morgan fingerprint density at radius 1 is 1.27 bits per heavy atom. The molecule has 2 rings (SSSR count). The standard InChI is InChI=1S/C17H18BBrFNO/c1-2-15(11-3-6-14(19)7-4-11)17(22)21-10-12-9-13(18)5-8-16(12)20/h3-9,15H,2,10,18H2,1H3,(H,21,22). The Kier molecular flexibility index (Phi) is 5.78. The summed E-state index contributed by atoms with van der Waals surface area (Å²) in [5.41, 5.74) is 2.46. The van der Waals surface area contributed by atoms with Crippen LogP contribution in [0.3, 0.4) is 0 Å². The molecule has 0 aromatic heterocycles. The van der Waals surface area contributed by atoms with Gasteiger partial charge in [0.25, 0.3) is 0 Å². The monoisotopic (exact) mass is 361 g/mol. The summed E-state index contributed by atoms with van der Waals surface area (Å²) >= 11 is 3.39. The minimum absolute atomic E-state index is 0.0780. The van der Waals surface area contributed by atoms with Crippen molar-refractivity contribution < 1.29 is 9.18 Å². The second-order valence-corrected chi connectivity index (χ2v) is 6.24. The molecule has 0 radical (unpaired) electrons. The van der Waals surface area contributed by atoms with E-state index in [-0.39, 0.29) is 24.2 Å². The molecule has 2 nitrogen and oxygen atoms in total. The van der Waals surface area contributed by atoms with Gasteiger partial charge in [0.1, 0.15) is 13.7 Å². The van der Waals surface area contributed by atoms with Crippen molar-refractivity contribution in [3.63, 3.8) is 0 Å². The Labute approximate surface area is 139 Å². The third-order valence-corrected chi connectivity index (χ3v) is 4.18. The number of hydrogen-bond acceptors (Lipinski definition) is 1. The number of benzene rings is 2. The summed E-state index contributed by atoms with van der Waals surface area (Å²) in [5, 5.41) is 2.84. The highest BCUT2D eigenvalue weighted by atomic mass is 79.9. The zero-order valence-corrected chi connectivity index (χ0v) is 14.3. The topological polar surface area (TPSA) is 29.1 Å². The van der Waals surface area contributed by atoms with Crippen LogP contribution in [0.1, 0.15) is 30.4 Å². The number of hydrogen-bond donors (Lipinski definition) is 1. The SMILES string of the molecule is Bc1ccc(F)c(CNC(=O)C(CC)c2ccc(Br)cc2)c1. The molecule has 0 fully saturated rings. The Morgan fingerprint density at radius 2 is 1.95 bits per heavy atom. The molecule has 2 aromatic carbocycles. The molecule has 0 saturated carbocycles. The van der Waals surface area contributed by atoms with Crippen molar-refractivity contribution in [2.45, 2.75) is 25.8 Å². The molecule has 0 aliphatic rings. The third-order valence-electron chi connectivity index (χ3n) is 3.65. The van der Waals surface area contributed by atoms with Crippen LogP contribution in [0.4, 0.5) is 4.39 Å². The minimum atomic E-state index is -0.289. The maximum atomic E-state index is 13.7. The van der Waals surface area contributed by atoms with Crippen LogP contribution in [0.5, 0.6) is 0 Å². The van der Waals surface area contributed by atoms with Gasteiger partial charge in [-0.3, -0.25) is 4.79 Å². The van der Waals surface area contributed by atoms with E-state index >= 15 is 0 Å². The summed E-state index contributed by atoms with van der Waals surface area (Å²) < 4.78 is 14.7. The number of carbonyl (C=O) groups is 1. The van der Waals surface area contributed by atoms with E-state index in [4.69, 9.17) is 0 Å². The largest absolute Gasteiger partial charge is 0.351 e. The average Bonchev–Trinajstić information content (AvgIpc) is 2.51. The van der Waals surface area contributed by atoms with E-state index in [9.17, 15) is 9.18 Å². The van der Waals surface area contributed by atoms with Crippen LogP contribution in [-0.4, -0.2) is 13.8 Å². The minimum Gasteiger partial charge on any atom is -0.351 e. The van der Waals surface area contributed by atoms with Crippen LogP contribution >= 0.6 is 15.9 Å². The summed E-state index contributed by atoms with van der Waals surface area (Å²) in [6.45, 7) is 2.18. The lowest BCUT2D eigenvalue weighted by Gasteiger charge is -2.16. The number of nitrogens with one attached hydrogen (secondary N) is 1. The number of amides is 1. The van der Waals surface area contributed by atoms with Crippen LogP contribution in [0.25, 0.3) is 0 Å². The zero-order valence-electron chi connectivity index (χ0n) is 12.7. The van der Waals surface area contributed by atoms with Gasteiger partial charge in [-0.1, -0.05) is 52.6 Å². The molecule has 0 heterocycles. The van der Waals surface area contributed by atoms with Gasteiger partial charge in [-0.2, -0.15) is 0 Å². The predicted octanol–water partition coefficient (Wildman–Crippen LogP) is 2.66. The van der Waals surface area contributed by atoms with Gasteiger partial charge in [0.05, 0.1) is 5.92 Å². The molecule has 1 atom stereocenters. The first kappa shape index (κ1) is 16.8. The predicted molar refractivity (Wildman–Crippen MR) is 93.6 cm³/mol. The quantitative estimate of drug-likeness (QED) is 0.815. The van der Waals surface area contributed by atoms with Crippen molar-refractivity contribution in [2.24, 2.45) is 0 Å². The molecule has 114 valence electrons. The third kappa shape index (κ3) is 4.20. The van der Waals surface area contributed by atoms with E-state index < -0.39 is 0 Å². The van der Waals surface area contributed by atoms with Gasteiger partial charge in [-0.15, -0.1) is 0 Å². The Morgan fingerprint density at radius 3 is 2.59 bits per heavy atom. The Bertz CT molecular complexity index is 660. The van der Waals surface area contributed by atoms with E-state index in [1.54, 1.807) is 12.1 Å². The summed E-state index contributed by atoms with van der Waals surface area (Å²) in [6, 6.07) is 12.6. The van der Waals surface area contributed by atoms with Gasteiger partial charge in [0.15, 0.2) is 0 Å². The van der Waals surface area contributed by atoms with E-state index in [2.05, 4.69) is 21.2 Å².